The van der Waals surface area contributed by atoms with Crippen molar-refractivity contribution >= 4 is 5.91 Å². The lowest BCUT2D eigenvalue weighted by Crippen LogP contribution is -2.53. The van der Waals surface area contributed by atoms with E-state index in [0.29, 0.717) is 6.42 Å². The lowest BCUT2D eigenvalue weighted by atomic mass is 9.82. The highest BCUT2D eigenvalue weighted by Crippen LogP contribution is 2.25. The van der Waals surface area contributed by atoms with Crippen molar-refractivity contribution < 1.29 is 4.79 Å². The first kappa shape index (κ1) is 8.06. The summed E-state index contributed by atoms with van der Waals surface area (Å²) in [5.41, 5.74) is -0.644. The summed E-state index contributed by atoms with van der Waals surface area (Å²) in [5.74, 6) is 0.248. The van der Waals surface area contributed by atoms with Gasteiger partial charge in [0.15, 0.2) is 0 Å². The summed E-state index contributed by atoms with van der Waals surface area (Å²) in [5, 5.41) is 11.5. The molecule has 2 unspecified atom stereocenters. The summed E-state index contributed by atoms with van der Waals surface area (Å²) in [6.07, 6.45) is 1.37. The number of amides is 1. The zero-order valence-electron chi connectivity index (χ0n) is 6.85. The maximum Gasteiger partial charge on any atom is 0.221 e. The molecule has 0 aliphatic carbocycles. The second-order valence-electron chi connectivity index (χ2n) is 3.30. The normalized spacial score (nSPS) is 37.5. The quantitative estimate of drug-likeness (QED) is 0.558. The Morgan fingerprint density at radius 1 is 1.82 bits per heavy atom. The number of nitriles is 1. The molecule has 0 saturated carbocycles. The number of rotatable bonds is 0. The van der Waals surface area contributed by atoms with Gasteiger partial charge in [0.1, 0.15) is 5.54 Å². The summed E-state index contributed by atoms with van der Waals surface area (Å²) in [7, 11) is 0. The molecule has 3 heteroatoms. The molecule has 1 heterocycles. The largest absolute Gasteiger partial charge is 0.338 e. The van der Waals surface area contributed by atoms with E-state index in [0.717, 1.165) is 6.42 Å². The van der Waals surface area contributed by atoms with Crippen LogP contribution in [0.4, 0.5) is 0 Å². The molecule has 0 bridgehead atoms. The molecule has 0 aromatic carbocycles. The monoisotopic (exact) mass is 152 g/mol. The third-order valence-corrected chi connectivity index (χ3v) is 2.42. The van der Waals surface area contributed by atoms with Crippen LogP contribution < -0.4 is 5.32 Å². The third kappa shape index (κ3) is 1.35. The van der Waals surface area contributed by atoms with Crippen molar-refractivity contribution in [2.24, 2.45) is 5.92 Å². The van der Waals surface area contributed by atoms with Crippen LogP contribution in [-0.2, 0) is 4.79 Å². The summed E-state index contributed by atoms with van der Waals surface area (Å²) in [4.78, 5) is 10.9. The number of hydrogen-bond acceptors (Lipinski definition) is 2. The lowest BCUT2D eigenvalue weighted by molar-refractivity contribution is -0.125. The fourth-order valence-electron chi connectivity index (χ4n) is 1.25. The summed E-state index contributed by atoms with van der Waals surface area (Å²) in [6.45, 7) is 3.76. The van der Waals surface area contributed by atoms with Gasteiger partial charge in [0.25, 0.3) is 0 Å². The highest BCUT2D eigenvalue weighted by molar-refractivity contribution is 5.78. The van der Waals surface area contributed by atoms with Crippen molar-refractivity contribution in [1.29, 1.82) is 5.26 Å². The summed E-state index contributed by atoms with van der Waals surface area (Å²) >= 11 is 0. The highest BCUT2D eigenvalue weighted by atomic mass is 16.1. The minimum absolute atomic E-state index is 0.00727. The average molecular weight is 152 g/mol. The molecule has 11 heavy (non-hydrogen) atoms. The molecule has 2 atom stereocenters. The third-order valence-electron chi connectivity index (χ3n) is 2.42. The Bertz CT molecular complexity index is 219. The lowest BCUT2D eigenvalue weighted by Gasteiger charge is -2.34. The summed E-state index contributed by atoms with van der Waals surface area (Å²) < 4.78 is 0. The number of piperidine rings is 1. The fourth-order valence-corrected chi connectivity index (χ4v) is 1.25. The highest BCUT2D eigenvalue weighted by Gasteiger charge is 2.36. The van der Waals surface area contributed by atoms with Crippen molar-refractivity contribution in [2.75, 3.05) is 0 Å². The Morgan fingerprint density at radius 3 is 2.91 bits per heavy atom. The minimum Gasteiger partial charge on any atom is -0.338 e. The predicted molar refractivity (Wildman–Crippen MR) is 40.6 cm³/mol. The molecule has 1 N–H and O–H groups in total. The van der Waals surface area contributed by atoms with Crippen LogP contribution in [0.3, 0.4) is 0 Å². The van der Waals surface area contributed by atoms with Crippen molar-refractivity contribution in [1.82, 2.24) is 5.32 Å². The van der Waals surface area contributed by atoms with Crippen molar-refractivity contribution in [3.63, 3.8) is 0 Å². The maximum absolute atomic E-state index is 10.9. The maximum atomic E-state index is 10.9. The number of nitrogens with zero attached hydrogens (tertiary/aromatic N) is 1. The molecule has 0 aromatic rings. The van der Waals surface area contributed by atoms with Gasteiger partial charge in [-0.05, 0) is 19.3 Å². The van der Waals surface area contributed by atoms with Gasteiger partial charge in [0.05, 0.1) is 6.07 Å². The first-order chi connectivity index (χ1) is 5.08. The van der Waals surface area contributed by atoms with Crippen molar-refractivity contribution in [3.05, 3.63) is 0 Å². The van der Waals surface area contributed by atoms with Gasteiger partial charge in [-0.1, -0.05) is 6.92 Å². The molecular weight excluding hydrogens is 140 g/mol. The predicted octanol–water partition coefficient (Wildman–Crippen LogP) is 0.815. The standard InChI is InChI=1S/C8H12N2O/c1-6-3-4-7(11)10-8(6,2)5-9/h6H,3-4H2,1-2H3,(H,10,11). The molecule has 1 aliphatic heterocycles. The Hall–Kier alpha value is -1.04. The Balaban J connectivity index is 2.78. The van der Waals surface area contributed by atoms with Crippen LogP contribution in [0.5, 0.6) is 0 Å². The molecule has 0 radical (unpaired) electrons. The molecule has 60 valence electrons. The molecule has 1 amide bonds. The van der Waals surface area contributed by atoms with Gasteiger partial charge in [-0.3, -0.25) is 4.79 Å². The smallest absolute Gasteiger partial charge is 0.221 e. The first-order valence-corrected chi connectivity index (χ1v) is 3.81. The van der Waals surface area contributed by atoms with E-state index in [1.165, 1.54) is 0 Å². The van der Waals surface area contributed by atoms with E-state index in [4.69, 9.17) is 5.26 Å². The average Bonchev–Trinajstić information content (AvgIpc) is 1.98. The van der Waals surface area contributed by atoms with Gasteiger partial charge in [0.2, 0.25) is 5.91 Å². The molecule has 0 spiro atoms. The van der Waals surface area contributed by atoms with Gasteiger partial charge in [-0.15, -0.1) is 0 Å². The van der Waals surface area contributed by atoms with Crippen LogP contribution in [-0.4, -0.2) is 11.4 Å². The molecule has 1 rings (SSSR count). The number of carbonyl (C=O) groups excluding carboxylic acids is 1. The molecule has 1 fully saturated rings. The van der Waals surface area contributed by atoms with Crippen LogP contribution in [0, 0.1) is 17.2 Å². The topological polar surface area (TPSA) is 52.9 Å². The zero-order chi connectivity index (χ0) is 8.48. The SMILES string of the molecule is CC1CCC(=O)NC1(C)C#N. The first-order valence-electron chi connectivity index (χ1n) is 3.81. The zero-order valence-corrected chi connectivity index (χ0v) is 6.85. The molecule has 1 aliphatic rings. The molecule has 0 aromatic heterocycles. The van der Waals surface area contributed by atoms with Crippen LogP contribution in [0.25, 0.3) is 0 Å². The van der Waals surface area contributed by atoms with Gasteiger partial charge in [-0.2, -0.15) is 5.26 Å². The van der Waals surface area contributed by atoms with Crippen molar-refractivity contribution in [2.45, 2.75) is 32.2 Å². The van der Waals surface area contributed by atoms with Gasteiger partial charge in [0, 0.05) is 6.42 Å². The number of carbonyl (C=O) groups is 1. The second kappa shape index (κ2) is 2.54. The molecule has 1 saturated heterocycles. The minimum atomic E-state index is -0.644. The van der Waals surface area contributed by atoms with E-state index in [9.17, 15) is 4.79 Å². The van der Waals surface area contributed by atoms with Crippen LogP contribution in [0.2, 0.25) is 0 Å². The van der Waals surface area contributed by atoms with E-state index in [-0.39, 0.29) is 11.8 Å². The Labute approximate surface area is 66.4 Å². The van der Waals surface area contributed by atoms with Crippen molar-refractivity contribution in [3.8, 4) is 6.07 Å². The molecular formula is C8H12N2O. The van der Waals surface area contributed by atoms with E-state index in [1.807, 2.05) is 6.92 Å². The fraction of sp³-hybridized carbons (Fsp3) is 0.750. The van der Waals surface area contributed by atoms with E-state index >= 15 is 0 Å². The summed E-state index contributed by atoms with van der Waals surface area (Å²) in [6, 6.07) is 2.13. The van der Waals surface area contributed by atoms with Gasteiger partial charge in [-0.25, -0.2) is 0 Å². The Kier molecular flexibility index (Phi) is 1.86. The van der Waals surface area contributed by atoms with Gasteiger partial charge < -0.3 is 5.32 Å². The van der Waals surface area contributed by atoms with E-state index in [1.54, 1.807) is 6.92 Å². The van der Waals surface area contributed by atoms with Gasteiger partial charge >= 0.3 is 0 Å². The van der Waals surface area contributed by atoms with Crippen LogP contribution in [0.15, 0.2) is 0 Å². The van der Waals surface area contributed by atoms with Crippen LogP contribution in [0.1, 0.15) is 26.7 Å². The Morgan fingerprint density at radius 2 is 2.45 bits per heavy atom. The number of hydrogen-bond donors (Lipinski definition) is 1. The second-order valence-corrected chi connectivity index (χ2v) is 3.30. The van der Waals surface area contributed by atoms with E-state index < -0.39 is 5.54 Å². The van der Waals surface area contributed by atoms with Crippen LogP contribution >= 0.6 is 0 Å². The molecule has 3 nitrogen and oxygen atoms in total. The number of nitrogens with one attached hydrogen (secondary N) is 1. The van der Waals surface area contributed by atoms with E-state index in [2.05, 4.69) is 11.4 Å².